The Bertz CT molecular complexity index is 2700. The SMILES string of the molecule is COc1cc2c(cc1OCc1cc(COc3cc4c(cc3C)C(=O)N3c5ccccc5C[C@H]3C=N4)cc(OCCOCCOCCOCCC(C)=O)c1)N=C[C@@H]1Cc3ccccc3N1C2=O. The highest BCUT2D eigenvalue weighted by Crippen LogP contribution is 2.42. The minimum atomic E-state index is -0.185. The van der Waals surface area contributed by atoms with Gasteiger partial charge in [0.25, 0.3) is 11.8 Å². The summed E-state index contributed by atoms with van der Waals surface area (Å²) in [5.74, 6) is 1.92. The van der Waals surface area contributed by atoms with Gasteiger partial charge in [0.05, 0.1) is 81.3 Å². The van der Waals surface area contributed by atoms with E-state index in [0.717, 1.165) is 45.6 Å². The Kier molecular flexibility index (Phi) is 13.5. The zero-order chi connectivity index (χ0) is 45.6. The highest BCUT2D eigenvalue weighted by atomic mass is 16.6. The number of ketones is 1. The van der Waals surface area contributed by atoms with Gasteiger partial charge in [-0.25, -0.2) is 0 Å². The normalized spacial score (nSPS) is 16.4. The first-order valence-electron chi connectivity index (χ1n) is 22.3. The maximum atomic E-state index is 14.0. The van der Waals surface area contributed by atoms with E-state index in [-0.39, 0.29) is 49.5 Å². The van der Waals surface area contributed by atoms with Gasteiger partial charge in [0, 0.05) is 55.2 Å². The number of hydrogen-bond acceptors (Lipinski definition) is 12. The highest BCUT2D eigenvalue weighted by molar-refractivity contribution is 6.15. The zero-order valence-electron chi connectivity index (χ0n) is 37.3. The summed E-state index contributed by atoms with van der Waals surface area (Å²) in [6, 6.07) is 28.5. The van der Waals surface area contributed by atoms with E-state index < -0.39 is 0 Å². The molecule has 0 bridgehead atoms. The summed E-state index contributed by atoms with van der Waals surface area (Å²) in [6.45, 7) is 6.42. The predicted molar refractivity (Wildman–Crippen MR) is 250 cm³/mol. The topological polar surface area (TPSA) is 147 Å². The molecule has 0 aromatic heterocycles. The predicted octanol–water partition coefficient (Wildman–Crippen LogP) is 8.14. The number of amides is 2. The van der Waals surface area contributed by atoms with E-state index in [9.17, 15) is 14.4 Å². The number of aryl methyl sites for hydroxylation is 1. The fourth-order valence-electron chi connectivity index (χ4n) is 8.67. The van der Waals surface area contributed by atoms with Crippen molar-refractivity contribution in [1.82, 2.24) is 0 Å². The van der Waals surface area contributed by atoms with Gasteiger partial charge in [-0.3, -0.25) is 34.2 Å². The van der Waals surface area contributed by atoms with Gasteiger partial charge >= 0.3 is 0 Å². The molecule has 0 radical (unpaired) electrons. The highest BCUT2D eigenvalue weighted by Gasteiger charge is 2.38. The Hall–Kier alpha value is -6.87. The largest absolute Gasteiger partial charge is 0.493 e. The molecule has 4 aliphatic rings. The number of anilines is 2. The van der Waals surface area contributed by atoms with Crippen molar-refractivity contribution in [2.24, 2.45) is 9.98 Å². The van der Waals surface area contributed by atoms with Crippen LogP contribution in [0.2, 0.25) is 0 Å². The van der Waals surface area contributed by atoms with Crippen molar-refractivity contribution in [3.05, 3.63) is 130 Å². The molecule has 4 heterocycles. The molecular formula is C52H52N4O10. The van der Waals surface area contributed by atoms with Crippen LogP contribution in [-0.4, -0.2) is 95.5 Å². The fraction of sp³-hybridized carbons (Fsp3) is 0.327. The maximum absolute atomic E-state index is 14.0. The van der Waals surface area contributed by atoms with Crippen molar-refractivity contribution < 1.29 is 47.5 Å². The second-order valence-electron chi connectivity index (χ2n) is 16.6. The summed E-state index contributed by atoms with van der Waals surface area (Å²) in [7, 11) is 1.55. The van der Waals surface area contributed by atoms with Crippen LogP contribution in [0, 0.1) is 6.92 Å². The van der Waals surface area contributed by atoms with Crippen LogP contribution in [0.3, 0.4) is 0 Å². The summed E-state index contributed by atoms with van der Waals surface area (Å²) in [5.41, 5.74) is 8.51. The van der Waals surface area contributed by atoms with E-state index in [0.29, 0.717) is 98.0 Å². The molecule has 0 saturated carbocycles. The zero-order valence-corrected chi connectivity index (χ0v) is 37.3. The number of carbonyl (C=O) groups excluding carboxylic acids is 3. The van der Waals surface area contributed by atoms with Gasteiger partial charge < -0.3 is 33.2 Å². The fourth-order valence-corrected chi connectivity index (χ4v) is 8.67. The molecule has 66 heavy (non-hydrogen) atoms. The molecule has 2 atom stereocenters. The molecule has 0 fully saturated rings. The van der Waals surface area contributed by atoms with Gasteiger partial charge in [0.1, 0.15) is 37.1 Å². The van der Waals surface area contributed by atoms with E-state index in [2.05, 4.69) is 6.07 Å². The lowest BCUT2D eigenvalue weighted by molar-refractivity contribution is -0.118. The quantitative estimate of drug-likeness (QED) is 0.0702. The summed E-state index contributed by atoms with van der Waals surface area (Å²) in [4.78, 5) is 52.2. The van der Waals surface area contributed by atoms with Crippen molar-refractivity contribution >= 4 is 52.8 Å². The van der Waals surface area contributed by atoms with Gasteiger partial charge in [-0.05, 0) is 84.1 Å². The van der Waals surface area contributed by atoms with Crippen molar-refractivity contribution in [1.29, 1.82) is 0 Å². The Labute approximate surface area is 383 Å². The molecule has 0 unspecified atom stereocenters. The number of rotatable bonds is 20. The van der Waals surface area contributed by atoms with Crippen LogP contribution in [0.25, 0.3) is 0 Å². The second-order valence-corrected chi connectivity index (χ2v) is 16.6. The van der Waals surface area contributed by atoms with Gasteiger partial charge in [0.2, 0.25) is 0 Å². The summed E-state index contributed by atoms with van der Waals surface area (Å²) in [5, 5.41) is 0. The number of para-hydroxylation sites is 2. The molecule has 0 aliphatic carbocycles. The minimum absolute atomic E-state index is 0.0826. The van der Waals surface area contributed by atoms with E-state index >= 15 is 0 Å². The third kappa shape index (κ3) is 9.71. The lowest BCUT2D eigenvalue weighted by atomic mass is 10.1. The van der Waals surface area contributed by atoms with Crippen LogP contribution >= 0.6 is 0 Å². The number of ether oxygens (including phenoxy) is 7. The number of aliphatic imine (C=N–C) groups is 2. The Morgan fingerprint density at radius 3 is 1.70 bits per heavy atom. The van der Waals surface area contributed by atoms with Crippen molar-refractivity contribution in [3.8, 4) is 23.0 Å². The van der Waals surface area contributed by atoms with E-state index in [1.807, 2.05) is 97.0 Å². The monoisotopic (exact) mass is 892 g/mol. The van der Waals surface area contributed by atoms with Crippen LogP contribution in [0.1, 0.15) is 61.9 Å². The Morgan fingerprint density at radius 1 is 0.606 bits per heavy atom. The average Bonchev–Trinajstić information content (AvgIpc) is 3.81. The molecule has 14 nitrogen and oxygen atoms in total. The molecule has 4 aliphatic heterocycles. The number of carbonyl (C=O) groups is 3. The maximum Gasteiger partial charge on any atom is 0.261 e. The molecule has 14 heteroatoms. The molecule has 2 amide bonds. The van der Waals surface area contributed by atoms with Crippen molar-refractivity contribution in [3.63, 3.8) is 0 Å². The smallest absolute Gasteiger partial charge is 0.261 e. The van der Waals surface area contributed by atoms with Crippen molar-refractivity contribution in [2.45, 2.75) is 58.4 Å². The third-order valence-corrected chi connectivity index (χ3v) is 11.9. The molecule has 340 valence electrons. The van der Waals surface area contributed by atoms with E-state index in [1.165, 1.54) is 0 Å². The van der Waals surface area contributed by atoms with Crippen LogP contribution in [0.4, 0.5) is 22.7 Å². The van der Waals surface area contributed by atoms with Crippen LogP contribution < -0.4 is 28.7 Å². The molecular weight excluding hydrogens is 841 g/mol. The molecule has 5 aromatic carbocycles. The van der Waals surface area contributed by atoms with E-state index in [1.54, 1.807) is 31.1 Å². The number of nitrogens with zero attached hydrogens (tertiary/aromatic N) is 4. The average molecular weight is 893 g/mol. The standard InChI is InChI=1S/C52H52N4O10/c1-33-20-42-44(53-29-39-24-37-8-4-6-10-46(37)55(39)51(42)58)27-48(33)65-31-35-21-36(23-41(22-35)64-19-18-63-17-16-62-15-14-61-13-12-34(2)57)32-66-50-28-45-43(26-49(50)60-3)52(59)56-40(30-54-45)25-38-9-5-7-11-47(38)56/h4-11,20-23,26-30,39-40H,12-19,24-25,31-32H2,1-3H3/t39-,40-/m0/s1. The molecule has 0 spiro atoms. The lowest BCUT2D eigenvalue weighted by Gasteiger charge is -2.22. The van der Waals surface area contributed by atoms with E-state index in [4.69, 9.17) is 43.1 Å². The third-order valence-electron chi connectivity index (χ3n) is 11.9. The van der Waals surface area contributed by atoms with Gasteiger partial charge in [-0.1, -0.05) is 36.4 Å². The Balaban J connectivity index is 0.886. The van der Waals surface area contributed by atoms with Crippen LogP contribution in [0.5, 0.6) is 23.0 Å². The van der Waals surface area contributed by atoms with Crippen LogP contribution in [-0.2, 0) is 45.1 Å². The molecule has 0 N–H and O–H groups in total. The second kappa shape index (κ2) is 20.1. The van der Waals surface area contributed by atoms with Crippen molar-refractivity contribution in [2.75, 3.05) is 63.2 Å². The molecule has 0 saturated heterocycles. The first kappa shape index (κ1) is 44.3. The number of fused-ring (bicyclic) bond motifs is 8. The first-order valence-corrected chi connectivity index (χ1v) is 22.3. The summed E-state index contributed by atoms with van der Waals surface area (Å²) >= 11 is 0. The first-order chi connectivity index (χ1) is 32.2. The minimum Gasteiger partial charge on any atom is -0.493 e. The number of hydrogen-bond donors (Lipinski definition) is 0. The lowest BCUT2D eigenvalue weighted by Crippen LogP contribution is -2.37. The summed E-state index contributed by atoms with van der Waals surface area (Å²) in [6.07, 6.45) is 5.49. The molecule has 5 aromatic rings. The molecule has 9 rings (SSSR count). The van der Waals surface area contributed by atoms with Gasteiger partial charge in [-0.15, -0.1) is 0 Å². The number of methoxy groups -OCH3 is 1. The summed E-state index contributed by atoms with van der Waals surface area (Å²) < 4.78 is 41.6. The number of benzene rings is 5. The Morgan fingerprint density at radius 2 is 1.12 bits per heavy atom. The van der Waals surface area contributed by atoms with Gasteiger partial charge in [-0.2, -0.15) is 0 Å². The van der Waals surface area contributed by atoms with Gasteiger partial charge in [0.15, 0.2) is 11.5 Å². The number of Topliss-reactive ketones (excluding diaryl/α,β-unsaturated/α-hetero) is 1. The van der Waals surface area contributed by atoms with Crippen LogP contribution in [0.15, 0.2) is 101 Å².